The molecule has 0 fully saturated rings. The first-order valence-electron chi connectivity index (χ1n) is 6.38. The molecule has 4 nitrogen and oxygen atoms in total. The summed E-state index contributed by atoms with van der Waals surface area (Å²) in [5, 5.41) is 3.95. The highest BCUT2D eigenvalue weighted by Gasteiger charge is 2.02. The maximum Gasteiger partial charge on any atom is 0.244 e. The van der Waals surface area contributed by atoms with Gasteiger partial charge in [-0.3, -0.25) is 4.79 Å². The smallest absolute Gasteiger partial charge is 0.244 e. The second-order valence-electron chi connectivity index (χ2n) is 4.35. The van der Waals surface area contributed by atoms with Crippen molar-refractivity contribution in [2.45, 2.75) is 6.42 Å². The van der Waals surface area contributed by atoms with Gasteiger partial charge in [0.1, 0.15) is 5.75 Å². The Hall–Kier alpha value is -2.14. The molecule has 0 aliphatic rings. The summed E-state index contributed by atoms with van der Waals surface area (Å²) in [6.45, 7) is 0. The molecule has 0 spiro atoms. The lowest BCUT2D eigenvalue weighted by Crippen LogP contribution is -2.19. The second kappa shape index (κ2) is 7.59. The number of methoxy groups -OCH3 is 1. The molecule has 1 amide bonds. The number of nitrogens with one attached hydrogen (secondary N) is 1. The van der Waals surface area contributed by atoms with Gasteiger partial charge < -0.3 is 4.74 Å². The molecule has 0 atom stereocenters. The first-order valence-corrected chi connectivity index (χ1v) is 7.17. The Balaban J connectivity index is 1.90. The van der Waals surface area contributed by atoms with Gasteiger partial charge in [-0.15, -0.1) is 0 Å². The molecule has 0 radical (unpaired) electrons. The van der Waals surface area contributed by atoms with Crippen LogP contribution in [0, 0.1) is 0 Å². The summed E-state index contributed by atoms with van der Waals surface area (Å²) in [4.78, 5) is 11.7. The van der Waals surface area contributed by atoms with Crippen LogP contribution < -0.4 is 10.2 Å². The lowest BCUT2D eigenvalue weighted by Gasteiger charge is -2.03. The summed E-state index contributed by atoms with van der Waals surface area (Å²) in [6, 6.07) is 15.1. The normalized spacial score (nSPS) is 10.6. The molecule has 0 aliphatic heterocycles. The Morgan fingerprint density at radius 3 is 2.71 bits per heavy atom. The number of hydrazone groups is 1. The number of halogens is 1. The van der Waals surface area contributed by atoms with Gasteiger partial charge in [-0.2, -0.15) is 5.10 Å². The molecular formula is C16H15BrN2O2. The van der Waals surface area contributed by atoms with Gasteiger partial charge >= 0.3 is 0 Å². The molecule has 1 N–H and O–H groups in total. The fraction of sp³-hybridized carbons (Fsp3) is 0.125. The number of carbonyl (C=O) groups is 1. The Bertz CT molecular complexity index is 642. The molecule has 0 saturated heterocycles. The summed E-state index contributed by atoms with van der Waals surface area (Å²) >= 11 is 3.40. The highest BCUT2D eigenvalue weighted by molar-refractivity contribution is 9.10. The summed E-state index contributed by atoms with van der Waals surface area (Å²) in [7, 11) is 1.61. The monoisotopic (exact) mass is 346 g/mol. The first kappa shape index (κ1) is 15.3. The van der Waals surface area contributed by atoms with E-state index < -0.39 is 0 Å². The van der Waals surface area contributed by atoms with Crippen LogP contribution in [0.1, 0.15) is 11.1 Å². The van der Waals surface area contributed by atoms with Gasteiger partial charge in [-0.05, 0) is 45.3 Å². The highest BCUT2D eigenvalue weighted by atomic mass is 79.9. The standard InChI is InChI=1S/C16H15BrN2O2/c1-21-15-8-7-13(9-14(15)17)11-18-19-16(20)10-12-5-3-2-4-6-12/h2-9,11H,10H2,1H3,(H,19,20)/b18-11-. The SMILES string of the molecule is COc1ccc(/C=N\NC(=O)Cc2ccccc2)cc1Br. The maximum atomic E-state index is 11.7. The minimum Gasteiger partial charge on any atom is -0.496 e. The van der Waals surface area contributed by atoms with E-state index in [1.165, 1.54) is 0 Å². The van der Waals surface area contributed by atoms with Gasteiger partial charge in [0.2, 0.25) is 5.91 Å². The summed E-state index contributed by atoms with van der Waals surface area (Å²) in [5.74, 6) is 0.602. The van der Waals surface area contributed by atoms with Crippen molar-refractivity contribution in [3.05, 3.63) is 64.1 Å². The second-order valence-corrected chi connectivity index (χ2v) is 5.20. The molecule has 0 aromatic heterocycles. The average Bonchev–Trinajstić information content (AvgIpc) is 2.48. The number of hydrogen-bond acceptors (Lipinski definition) is 3. The number of benzene rings is 2. The molecule has 2 aromatic carbocycles. The van der Waals surface area contributed by atoms with Gasteiger partial charge in [0.25, 0.3) is 0 Å². The summed E-state index contributed by atoms with van der Waals surface area (Å²) in [5.41, 5.74) is 4.33. The van der Waals surface area contributed by atoms with Gasteiger partial charge in [-0.1, -0.05) is 30.3 Å². The number of rotatable bonds is 5. The zero-order valence-corrected chi connectivity index (χ0v) is 13.1. The molecule has 0 heterocycles. The van der Waals surface area contributed by atoms with E-state index in [4.69, 9.17) is 4.74 Å². The van der Waals surface area contributed by atoms with E-state index in [-0.39, 0.29) is 5.91 Å². The van der Waals surface area contributed by atoms with E-state index in [1.54, 1.807) is 13.3 Å². The largest absolute Gasteiger partial charge is 0.496 e. The lowest BCUT2D eigenvalue weighted by molar-refractivity contribution is -0.120. The van der Waals surface area contributed by atoms with E-state index in [1.807, 2.05) is 48.5 Å². The number of ether oxygens (including phenoxy) is 1. The van der Waals surface area contributed by atoms with Gasteiger partial charge in [0, 0.05) is 0 Å². The third kappa shape index (κ3) is 4.72. The van der Waals surface area contributed by atoms with Crippen molar-refractivity contribution in [1.29, 1.82) is 0 Å². The van der Waals surface area contributed by atoms with E-state index in [0.717, 1.165) is 21.3 Å². The molecule has 21 heavy (non-hydrogen) atoms. The summed E-state index contributed by atoms with van der Waals surface area (Å²) < 4.78 is 5.99. The van der Waals surface area contributed by atoms with Gasteiger partial charge in [-0.25, -0.2) is 5.43 Å². The molecule has 2 rings (SSSR count). The zero-order valence-electron chi connectivity index (χ0n) is 11.5. The Morgan fingerprint density at radius 2 is 2.05 bits per heavy atom. The Labute approximate surface area is 132 Å². The number of carbonyl (C=O) groups excluding carboxylic acids is 1. The Morgan fingerprint density at radius 1 is 1.29 bits per heavy atom. The Kier molecular flexibility index (Phi) is 5.51. The highest BCUT2D eigenvalue weighted by Crippen LogP contribution is 2.24. The topological polar surface area (TPSA) is 50.7 Å². The molecular weight excluding hydrogens is 332 g/mol. The minimum atomic E-state index is -0.148. The van der Waals surface area contributed by atoms with Crippen molar-refractivity contribution in [2.24, 2.45) is 5.10 Å². The number of hydrogen-bond donors (Lipinski definition) is 1. The predicted octanol–water partition coefficient (Wildman–Crippen LogP) is 3.15. The molecule has 0 bridgehead atoms. The van der Waals surface area contributed by atoms with Crippen LogP contribution in [-0.4, -0.2) is 19.2 Å². The maximum absolute atomic E-state index is 11.7. The van der Waals surface area contributed by atoms with Crippen molar-refractivity contribution in [2.75, 3.05) is 7.11 Å². The van der Waals surface area contributed by atoms with Crippen LogP contribution >= 0.6 is 15.9 Å². The van der Waals surface area contributed by atoms with Gasteiger partial charge in [0.05, 0.1) is 24.2 Å². The van der Waals surface area contributed by atoms with Crippen LogP contribution in [0.3, 0.4) is 0 Å². The quantitative estimate of drug-likeness (QED) is 0.667. The molecule has 0 aliphatic carbocycles. The van der Waals surface area contributed by atoms with Crippen molar-refractivity contribution in [3.8, 4) is 5.75 Å². The van der Waals surface area contributed by atoms with E-state index >= 15 is 0 Å². The van der Waals surface area contributed by atoms with E-state index in [0.29, 0.717) is 6.42 Å². The van der Waals surface area contributed by atoms with Crippen LogP contribution in [0.5, 0.6) is 5.75 Å². The van der Waals surface area contributed by atoms with Crippen LogP contribution in [0.15, 0.2) is 58.1 Å². The molecule has 5 heteroatoms. The summed E-state index contributed by atoms with van der Waals surface area (Å²) in [6.07, 6.45) is 1.90. The minimum absolute atomic E-state index is 0.148. The fourth-order valence-corrected chi connectivity index (χ4v) is 2.32. The van der Waals surface area contributed by atoms with Crippen molar-refractivity contribution in [1.82, 2.24) is 5.43 Å². The van der Waals surface area contributed by atoms with Crippen molar-refractivity contribution >= 4 is 28.1 Å². The third-order valence-electron chi connectivity index (χ3n) is 2.79. The van der Waals surface area contributed by atoms with Crippen LogP contribution in [0.2, 0.25) is 0 Å². The average molecular weight is 347 g/mol. The molecule has 0 unspecified atom stereocenters. The molecule has 2 aromatic rings. The van der Waals surface area contributed by atoms with Gasteiger partial charge in [0.15, 0.2) is 0 Å². The fourth-order valence-electron chi connectivity index (χ4n) is 1.76. The first-order chi connectivity index (χ1) is 10.2. The number of nitrogens with zero attached hydrogens (tertiary/aromatic N) is 1. The van der Waals surface area contributed by atoms with Crippen LogP contribution in [-0.2, 0) is 11.2 Å². The van der Waals surface area contributed by atoms with E-state index in [9.17, 15) is 4.79 Å². The van der Waals surface area contributed by atoms with Crippen molar-refractivity contribution < 1.29 is 9.53 Å². The molecule has 108 valence electrons. The van der Waals surface area contributed by atoms with E-state index in [2.05, 4.69) is 26.5 Å². The molecule has 0 saturated carbocycles. The van der Waals surface area contributed by atoms with Crippen LogP contribution in [0.4, 0.5) is 0 Å². The number of amides is 1. The van der Waals surface area contributed by atoms with Crippen molar-refractivity contribution in [3.63, 3.8) is 0 Å². The third-order valence-corrected chi connectivity index (χ3v) is 3.41. The van der Waals surface area contributed by atoms with Crippen LogP contribution in [0.25, 0.3) is 0 Å². The lowest BCUT2D eigenvalue weighted by atomic mass is 10.1. The predicted molar refractivity (Wildman–Crippen MR) is 86.6 cm³/mol. The zero-order chi connectivity index (χ0) is 15.1.